The van der Waals surface area contributed by atoms with Crippen molar-refractivity contribution in [1.29, 1.82) is 0 Å². The Morgan fingerprint density at radius 3 is 2.83 bits per heavy atom. The number of aromatic hydroxyl groups is 2. The van der Waals surface area contributed by atoms with Crippen molar-refractivity contribution in [2.75, 3.05) is 19.6 Å². The summed E-state index contributed by atoms with van der Waals surface area (Å²) in [4.78, 5) is 14.4. The third-order valence-electron chi connectivity index (χ3n) is 6.12. The van der Waals surface area contributed by atoms with Gasteiger partial charge in [0.1, 0.15) is 6.10 Å². The number of likely N-dealkylation sites (tertiary alicyclic amines) is 1. The highest BCUT2D eigenvalue weighted by Gasteiger charge is 2.28. The van der Waals surface area contributed by atoms with E-state index in [9.17, 15) is 10.2 Å². The molecular weight excluding hydrogens is 380 g/mol. The maximum atomic E-state index is 9.75. The fourth-order valence-electron chi connectivity index (χ4n) is 4.36. The van der Waals surface area contributed by atoms with Crippen molar-refractivity contribution < 1.29 is 14.9 Å². The SMILES string of the molecule is CC[C@H]1CN(C[C@@H](Oc2cc(O)nc(O)n2)c2ccnc3ccccc23)CCC1C. The lowest BCUT2D eigenvalue weighted by molar-refractivity contribution is 0.0733. The molecule has 0 radical (unpaired) electrons. The predicted octanol–water partition coefficient (Wildman–Crippen LogP) is 3.92. The lowest BCUT2D eigenvalue weighted by atomic mass is 9.85. The van der Waals surface area contributed by atoms with Gasteiger partial charge in [-0.1, -0.05) is 38.5 Å². The summed E-state index contributed by atoms with van der Waals surface area (Å²) < 4.78 is 6.23. The molecule has 30 heavy (non-hydrogen) atoms. The Balaban J connectivity index is 1.67. The van der Waals surface area contributed by atoms with E-state index in [0.717, 1.165) is 48.3 Å². The van der Waals surface area contributed by atoms with Crippen LogP contribution in [0.3, 0.4) is 0 Å². The quantitative estimate of drug-likeness (QED) is 0.639. The second-order valence-corrected chi connectivity index (χ2v) is 8.08. The lowest BCUT2D eigenvalue weighted by Crippen LogP contribution is -2.42. The van der Waals surface area contributed by atoms with E-state index in [1.807, 2.05) is 30.3 Å². The van der Waals surface area contributed by atoms with Crippen LogP contribution in [-0.4, -0.2) is 49.7 Å². The van der Waals surface area contributed by atoms with E-state index >= 15 is 0 Å². The molecule has 7 nitrogen and oxygen atoms in total. The van der Waals surface area contributed by atoms with Crippen LogP contribution in [0.25, 0.3) is 10.9 Å². The van der Waals surface area contributed by atoms with E-state index in [-0.39, 0.29) is 17.9 Å². The van der Waals surface area contributed by atoms with Gasteiger partial charge in [-0.25, -0.2) is 0 Å². The Bertz CT molecular complexity index is 987. The van der Waals surface area contributed by atoms with Gasteiger partial charge in [-0.15, -0.1) is 0 Å². The van der Waals surface area contributed by atoms with Crippen LogP contribution in [0.4, 0.5) is 0 Å². The molecule has 7 heteroatoms. The van der Waals surface area contributed by atoms with Crippen LogP contribution in [-0.2, 0) is 0 Å². The number of hydrogen-bond acceptors (Lipinski definition) is 7. The molecule has 3 heterocycles. The van der Waals surface area contributed by atoms with E-state index in [1.54, 1.807) is 6.20 Å². The maximum absolute atomic E-state index is 9.75. The highest BCUT2D eigenvalue weighted by molar-refractivity contribution is 5.82. The molecule has 1 fully saturated rings. The number of benzene rings is 1. The highest BCUT2D eigenvalue weighted by Crippen LogP contribution is 2.32. The van der Waals surface area contributed by atoms with E-state index in [2.05, 4.69) is 33.7 Å². The molecule has 1 unspecified atom stereocenters. The largest absolute Gasteiger partial charge is 0.493 e. The number of aromatic nitrogens is 3. The number of nitrogens with zero attached hydrogens (tertiary/aromatic N) is 4. The summed E-state index contributed by atoms with van der Waals surface area (Å²) in [5.74, 6) is 1.21. The summed E-state index contributed by atoms with van der Waals surface area (Å²) >= 11 is 0. The third kappa shape index (κ3) is 4.46. The first-order chi connectivity index (χ1) is 14.5. The van der Waals surface area contributed by atoms with Crippen LogP contribution in [0, 0.1) is 11.8 Å². The molecule has 158 valence electrons. The fraction of sp³-hybridized carbons (Fsp3) is 0.435. The maximum Gasteiger partial charge on any atom is 0.320 e. The topological polar surface area (TPSA) is 91.6 Å². The first-order valence-electron chi connectivity index (χ1n) is 10.5. The molecule has 2 N–H and O–H groups in total. The Hall–Kier alpha value is -2.93. The van der Waals surface area contributed by atoms with Gasteiger partial charge in [0, 0.05) is 30.2 Å². The molecular formula is C23H28N4O3. The zero-order chi connectivity index (χ0) is 21.1. The van der Waals surface area contributed by atoms with Gasteiger partial charge < -0.3 is 14.9 Å². The summed E-state index contributed by atoms with van der Waals surface area (Å²) in [6.45, 7) is 7.31. The number of fused-ring (bicyclic) bond motifs is 1. The second-order valence-electron chi connectivity index (χ2n) is 8.08. The van der Waals surface area contributed by atoms with Gasteiger partial charge in [0.05, 0.1) is 11.6 Å². The van der Waals surface area contributed by atoms with Crippen LogP contribution >= 0.6 is 0 Å². The van der Waals surface area contributed by atoms with Gasteiger partial charge >= 0.3 is 6.01 Å². The van der Waals surface area contributed by atoms with Gasteiger partial charge in [0.2, 0.25) is 11.8 Å². The smallest absolute Gasteiger partial charge is 0.320 e. The molecule has 4 rings (SSSR count). The molecule has 0 amide bonds. The molecule has 3 atom stereocenters. The van der Waals surface area contributed by atoms with Gasteiger partial charge in [0.25, 0.3) is 0 Å². The molecule has 0 spiro atoms. The Morgan fingerprint density at radius 1 is 1.20 bits per heavy atom. The molecule has 0 saturated carbocycles. The molecule has 0 aliphatic carbocycles. The van der Waals surface area contributed by atoms with Gasteiger partial charge in [-0.05, 0) is 36.9 Å². The van der Waals surface area contributed by atoms with Crippen molar-refractivity contribution in [3.8, 4) is 17.8 Å². The molecule has 1 aromatic carbocycles. The minimum atomic E-state index is -0.513. The van der Waals surface area contributed by atoms with Crippen LogP contribution in [0.5, 0.6) is 17.8 Å². The molecule has 2 aromatic heterocycles. The van der Waals surface area contributed by atoms with E-state index < -0.39 is 6.01 Å². The second kappa shape index (κ2) is 8.83. The highest BCUT2D eigenvalue weighted by atomic mass is 16.5. The van der Waals surface area contributed by atoms with Gasteiger partial charge in [-0.2, -0.15) is 9.97 Å². The van der Waals surface area contributed by atoms with Gasteiger partial charge in [0.15, 0.2) is 0 Å². The van der Waals surface area contributed by atoms with Gasteiger partial charge in [-0.3, -0.25) is 9.88 Å². The predicted molar refractivity (Wildman–Crippen MR) is 114 cm³/mol. The monoisotopic (exact) mass is 408 g/mol. The average molecular weight is 409 g/mol. The molecule has 0 bridgehead atoms. The van der Waals surface area contributed by atoms with E-state index in [4.69, 9.17) is 4.74 Å². The lowest BCUT2D eigenvalue weighted by Gasteiger charge is -2.38. The summed E-state index contributed by atoms with van der Waals surface area (Å²) in [7, 11) is 0. The van der Waals surface area contributed by atoms with E-state index in [1.165, 1.54) is 6.07 Å². The van der Waals surface area contributed by atoms with E-state index in [0.29, 0.717) is 12.5 Å². The van der Waals surface area contributed by atoms with Crippen molar-refractivity contribution >= 4 is 10.9 Å². The van der Waals surface area contributed by atoms with Crippen LogP contribution < -0.4 is 4.74 Å². The number of hydrogen-bond donors (Lipinski definition) is 2. The zero-order valence-electron chi connectivity index (χ0n) is 17.4. The van der Waals surface area contributed by atoms with Crippen molar-refractivity contribution in [1.82, 2.24) is 19.9 Å². The summed E-state index contributed by atoms with van der Waals surface area (Å²) in [5, 5.41) is 20.5. The Labute approximate surface area is 176 Å². The van der Waals surface area contributed by atoms with Crippen LogP contribution in [0.1, 0.15) is 38.4 Å². The average Bonchev–Trinajstić information content (AvgIpc) is 2.73. The first-order valence-corrected chi connectivity index (χ1v) is 10.5. The van der Waals surface area contributed by atoms with Crippen LogP contribution in [0.15, 0.2) is 42.6 Å². The minimum absolute atomic E-state index is 0.142. The fourth-order valence-corrected chi connectivity index (χ4v) is 4.36. The summed E-state index contributed by atoms with van der Waals surface area (Å²) in [6.07, 6.45) is 3.78. The standard InChI is InChI=1S/C23H28N4O3/c1-3-16-13-27(11-9-15(16)2)14-20(30-22-12-21(28)25-23(29)26-22)18-8-10-24-19-7-5-4-6-17(18)19/h4-8,10,12,15-16,20H,3,9,11,13-14H2,1-2H3,(H2,25,26,28,29)/t15?,16-,20+/m0/s1. The summed E-state index contributed by atoms with van der Waals surface area (Å²) in [6, 6.07) is 10.8. The molecule has 1 aliphatic heterocycles. The van der Waals surface area contributed by atoms with Crippen LogP contribution in [0.2, 0.25) is 0 Å². The third-order valence-corrected chi connectivity index (χ3v) is 6.12. The molecule has 1 aliphatic rings. The van der Waals surface area contributed by atoms with Crippen molar-refractivity contribution in [2.24, 2.45) is 11.8 Å². The molecule has 1 saturated heterocycles. The van der Waals surface area contributed by atoms with Crippen molar-refractivity contribution in [3.05, 3.63) is 48.2 Å². The minimum Gasteiger partial charge on any atom is -0.493 e. The zero-order valence-corrected chi connectivity index (χ0v) is 17.4. The molecule has 3 aromatic rings. The summed E-state index contributed by atoms with van der Waals surface area (Å²) in [5.41, 5.74) is 1.90. The van der Waals surface area contributed by atoms with Crippen molar-refractivity contribution in [3.63, 3.8) is 0 Å². The number of rotatable bonds is 6. The first kappa shape index (κ1) is 20.3. The Morgan fingerprint density at radius 2 is 2.03 bits per heavy atom. The Kier molecular flexibility index (Phi) is 5.99. The number of pyridine rings is 1. The number of para-hydroxylation sites is 1. The normalized spacial score (nSPS) is 20.9. The van der Waals surface area contributed by atoms with Crippen molar-refractivity contribution in [2.45, 2.75) is 32.8 Å². The number of piperidine rings is 1. The number of ether oxygens (including phenoxy) is 1.